The number of carbonyl (C=O) groups is 3. The molecule has 14 heteroatoms. The van der Waals surface area contributed by atoms with Crippen LogP contribution in [0.3, 0.4) is 0 Å². The van der Waals surface area contributed by atoms with E-state index in [1.165, 1.54) is 12.1 Å². The van der Waals surface area contributed by atoms with Gasteiger partial charge in [-0.3, -0.25) is 24.5 Å². The summed E-state index contributed by atoms with van der Waals surface area (Å²) < 4.78 is 12.7. The van der Waals surface area contributed by atoms with Crippen molar-refractivity contribution in [1.82, 2.24) is 4.90 Å². The standard InChI is InChI=1S/C47H49N5O8Si/c1-29-44(61(3,4)39-19-17-38(59-2)18-20-39)42(25-43(54)50-27-33-10-6-5-9-32(33)23-37(50)28-53)60-47(29)40-24-36(52(57)58)16-21-41(40)51(46(47)56)26-30-8-7-11-35(22-30)49-45(55)31-12-14-34(48)15-13-31/h5-22,24,29,37,42,44,53H,23,25-28,48H2,1-4H3,(H,49,55)/t29-,37-,42+,44-,47+/m0/s1. The summed E-state index contributed by atoms with van der Waals surface area (Å²) in [6, 6.07) is 33.5. The van der Waals surface area contributed by atoms with Crippen molar-refractivity contribution in [1.29, 1.82) is 0 Å². The number of nitrogens with one attached hydrogen (secondary N) is 1. The van der Waals surface area contributed by atoms with Gasteiger partial charge in [-0.2, -0.15) is 0 Å². The number of fused-ring (bicyclic) bond motifs is 3. The molecule has 61 heavy (non-hydrogen) atoms. The van der Waals surface area contributed by atoms with Crippen molar-refractivity contribution in [2.24, 2.45) is 5.92 Å². The summed E-state index contributed by atoms with van der Waals surface area (Å²) in [5.41, 5.74) is 8.78. The van der Waals surface area contributed by atoms with E-state index in [4.69, 9.17) is 15.2 Å². The molecule has 5 atom stereocenters. The Labute approximate surface area is 355 Å². The second kappa shape index (κ2) is 16.3. The van der Waals surface area contributed by atoms with Crippen LogP contribution in [0.1, 0.15) is 46.0 Å². The number of rotatable bonds is 11. The number of hydrogen-bond donors (Lipinski definition) is 3. The highest BCUT2D eigenvalue weighted by Gasteiger charge is 2.67. The summed E-state index contributed by atoms with van der Waals surface area (Å²) >= 11 is 0. The SMILES string of the molecule is COc1ccc([Si](C)(C)[C@@H]2[C@@H](CC(=O)N3Cc4ccccc4C[C@H]3CO)O[C@]3(C(=O)N(Cc4cccc(NC(=O)c5ccc(N)cc5)c4)c4ccc([N+](=O)[O-])cc43)[C@H]2C)cc1. The van der Waals surface area contributed by atoms with Gasteiger partial charge in [-0.15, -0.1) is 0 Å². The molecule has 1 fully saturated rings. The number of nitrogen functional groups attached to an aromatic ring is 1. The Morgan fingerprint density at radius 3 is 2.39 bits per heavy atom. The number of nitrogens with two attached hydrogens (primary N) is 1. The summed E-state index contributed by atoms with van der Waals surface area (Å²) in [7, 11) is -1.08. The number of methoxy groups -OCH3 is 1. The van der Waals surface area contributed by atoms with E-state index < -0.39 is 36.7 Å². The number of ether oxygens (including phenoxy) is 2. The maximum atomic E-state index is 15.4. The van der Waals surface area contributed by atoms with Crippen molar-refractivity contribution in [3.8, 4) is 5.75 Å². The highest BCUT2D eigenvalue weighted by atomic mass is 28.3. The van der Waals surface area contributed by atoms with Crippen LogP contribution in [0.15, 0.2) is 115 Å². The van der Waals surface area contributed by atoms with E-state index in [1.807, 2.05) is 61.5 Å². The molecular weight excluding hydrogens is 791 g/mol. The number of hydrogen-bond acceptors (Lipinski definition) is 9. The zero-order chi connectivity index (χ0) is 43.2. The fourth-order valence-electron chi connectivity index (χ4n) is 9.87. The highest BCUT2D eigenvalue weighted by molar-refractivity contribution is 6.91. The Morgan fingerprint density at radius 2 is 1.70 bits per heavy atom. The van der Waals surface area contributed by atoms with Crippen molar-refractivity contribution in [3.05, 3.63) is 153 Å². The van der Waals surface area contributed by atoms with Crippen molar-refractivity contribution in [2.45, 2.75) is 69.2 Å². The van der Waals surface area contributed by atoms with Gasteiger partial charge in [-0.25, -0.2) is 0 Å². The summed E-state index contributed by atoms with van der Waals surface area (Å²) in [5.74, 6) is -0.745. The smallest absolute Gasteiger partial charge is 0.269 e. The van der Waals surface area contributed by atoms with E-state index in [1.54, 1.807) is 65.4 Å². The molecule has 8 rings (SSSR count). The Hall–Kier alpha value is -6.35. The third-order valence-electron chi connectivity index (χ3n) is 13.0. The van der Waals surface area contributed by atoms with Gasteiger partial charge in [-0.1, -0.05) is 73.7 Å². The van der Waals surface area contributed by atoms with Crippen LogP contribution in [0.4, 0.5) is 22.7 Å². The van der Waals surface area contributed by atoms with E-state index in [0.717, 1.165) is 16.3 Å². The van der Waals surface area contributed by atoms with Gasteiger partial charge in [0.05, 0.1) is 57.5 Å². The van der Waals surface area contributed by atoms with Gasteiger partial charge in [0.15, 0.2) is 5.60 Å². The van der Waals surface area contributed by atoms with Crippen LogP contribution in [0.5, 0.6) is 5.75 Å². The molecule has 1 saturated heterocycles. The Kier molecular flexibility index (Phi) is 11.0. The molecule has 3 aliphatic rings. The minimum absolute atomic E-state index is 0.0602. The molecule has 0 radical (unpaired) electrons. The number of non-ortho nitro benzene ring substituents is 1. The predicted molar refractivity (Wildman–Crippen MR) is 235 cm³/mol. The van der Waals surface area contributed by atoms with Crippen molar-refractivity contribution in [3.63, 3.8) is 0 Å². The topological polar surface area (TPSA) is 178 Å². The molecule has 3 aliphatic heterocycles. The van der Waals surface area contributed by atoms with Crippen LogP contribution in [-0.2, 0) is 39.4 Å². The van der Waals surface area contributed by atoms with Crippen LogP contribution >= 0.6 is 0 Å². The van der Waals surface area contributed by atoms with Crippen LogP contribution in [0.2, 0.25) is 18.6 Å². The van der Waals surface area contributed by atoms with Gasteiger partial charge < -0.3 is 35.4 Å². The number of nitrogens with zero attached hydrogens (tertiary/aromatic N) is 3. The Balaban J connectivity index is 1.17. The zero-order valence-electron chi connectivity index (χ0n) is 34.5. The molecule has 1 spiro atoms. The third kappa shape index (κ3) is 7.44. The predicted octanol–water partition coefficient (Wildman–Crippen LogP) is 6.54. The van der Waals surface area contributed by atoms with Crippen LogP contribution in [0, 0.1) is 16.0 Å². The zero-order valence-corrected chi connectivity index (χ0v) is 35.5. The van der Waals surface area contributed by atoms with E-state index in [2.05, 4.69) is 18.4 Å². The van der Waals surface area contributed by atoms with Gasteiger partial charge in [0.25, 0.3) is 17.5 Å². The van der Waals surface area contributed by atoms with E-state index in [0.29, 0.717) is 52.5 Å². The molecule has 0 aliphatic carbocycles. The van der Waals surface area contributed by atoms with Crippen LogP contribution in [-0.4, -0.2) is 66.6 Å². The molecule has 0 unspecified atom stereocenters. The summed E-state index contributed by atoms with van der Waals surface area (Å²) in [6.07, 6.45) is -0.308. The normalized spacial score (nSPS) is 21.9. The minimum atomic E-state index is -2.69. The lowest BCUT2D eigenvalue weighted by Gasteiger charge is -2.39. The molecule has 314 valence electrons. The number of anilines is 3. The van der Waals surface area contributed by atoms with Gasteiger partial charge >= 0.3 is 0 Å². The second-order valence-corrected chi connectivity index (χ2v) is 21.5. The number of nitro benzene ring substituents is 1. The Bertz CT molecular complexity index is 2510. The lowest BCUT2D eigenvalue weighted by molar-refractivity contribution is -0.385. The number of nitro groups is 1. The monoisotopic (exact) mass is 839 g/mol. The lowest BCUT2D eigenvalue weighted by Crippen LogP contribution is -2.52. The molecule has 4 N–H and O–H groups in total. The Morgan fingerprint density at radius 1 is 0.984 bits per heavy atom. The fraction of sp³-hybridized carbons (Fsp3) is 0.298. The molecule has 0 aromatic heterocycles. The first kappa shape index (κ1) is 41.4. The molecular formula is C47H49N5O8Si. The number of amides is 3. The molecule has 5 aromatic rings. The van der Waals surface area contributed by atoms with Crippen molar-refractivity contribution in [2.75, 3.05) is 29.7 Å². The number of benzene rings is 5. The molecule has 3 heterocycles. The van der Waals surface area contributed by atoms with Gasteiger partial charge in [0, 0.05) is 47.1 Å². The highest BCUT2D eigenvalue weighted by Crippen LogP contribution is 2.60. The summed E-state index contributed by atoms with van der Waals surface area (Å²) in [4.78, 5) is 58.4. The number of aliphatic hydroxyl groups is 1. The quantitative estimate of drug-likeness (QED) is 0.0577. The average Bonchev–Trinajstić information content (AvgIpc) is 3.68. The first-order chi connectivity index (χ1) is 29.2. The molecule has 0 saturated carbocycles. The largest absolute Gasteiger partial charge is 0.497 e. The number of aliphatic hydroxyl groups excluding tert-OH is 1. The molecule has 3 amide bonds. The summed E-state index contributed by atoms with van der Waals surface area (Å²) in [5, 5.41) is 26.8. The first-order valence-corrected chi connectivity index (χ1v) is 23.5. The van der Waals surface area contributed by atoms with E-state index >= 15 is 4.79 Å². The van der Waals surface area contributed by atoms with Crippen LogP contribution in [0.25, 0.3) is 0 Å². The summed E-state index contributed by atoms with van der Waals surface area (Å²) in [6.45, 7) is 6.58. The maximum Gasteiger partial charge on any atom is 0.269 e. The van der Waals surface area contributed by atoms with Crippen LogP contribution < -0.4 is 25.9 Å². The van der Waals surface area contributed by atoms with Gasteiger partial charge in [0.1, 0.15) is 5.75 Å². The average molecular weight is 840 g/mol. The fourth-order valence-corrected chi connectivity index (χ4v) is 13.9. The third-order valence-corrected chi connectivity index (χ3v) is 17.4. The van der Waals surface area contributed by atoms with Gasteiger partial charge in [0.2, 0.25) is 5.91 Å². The molecule has 5 aromatic carbocycles. The first-order valence-electron chi connectivity index (χ1n) is 20.4. The lowest BCUT2D eigenvalue weighted by atomic mass is 9.82. The second-order valence-electron chi connectivity index (χ2n) is 16.8. The van der Waals surface area contributed by atoms with Gasteiger partial charge in [-0.05, 0) is 83.2 Å². The van der Waals surface area contributed by atoms with Crippen molar-refractivity contribution < 1.29 is 33.9 Å². The number of carbonyl (C=O) groups excluding carboxylic acids is 3. The molecule has 13 nitrogen and oxygen atoms in total. The maximum absolute atomic E-state index is 15.4. The van der Waals surface area contributed by atoms with E-state index in [-0.39, 0.29) is 48.5 Å². The van der Waals surface area contributed by atoms with Crippen molar-refractivity contribution >= 4 is 53.7 Å². The molecule has 0 bridgehead atoms. The minimum Gasteiger partial charge on any atom is -0.497 e. The van der Waals surface area contributed by atoms with E-state index in [9.17, 15) is 24.8 Å².